The zero-order valence-electron chi connectivity index (χ0n) is 6.55. The summed E-state index contributed by atoms with van der Waals surface area (Å²) < 4.78 is 0. The molecule has 2 heteroatoms. The van der Waals surface area contributed by atoms with Crippen LogP contribution in [0.25, 0.3) is 0 Å². The van der Waals surface area contributed by atoms with E-state index in [1.54, 1.807) is 0 Å². The lowest BCUT2D eigenvalue weighted by atomic mass is 10.1. The standard InChI is InChI=1S/C8H16OS/c1-2-3-4-5-8(10)6-7-9/h7-8,10H,2-6H2,1H3. The third-order valence-electron chi connectivity index (χ3n) is 1.51. The third kappa shape index (κ3) is 6.14. The monoisotopic (exact) mass is 160 g/mol. The van der Waals surface area contributed by atoms with Gasteiger partial charge in [0.1, 0.15) is 6.29 Å². The number of aldehydes is 1. The van der Waals surface area contributed by atoms with Crippen molar-refractivity contribution in [1.29, 1.82) is 0 Å². The Balaban J connectivity index is 3.04. The molecular formula is C8H16OS. The van der Waals surface area contributed by atoms with Crippen LogP contribution in [0.4, 0.5) is 0 Å². The SMILES string of the molecule is CCCCCC(S)CC=O. The molecule has 0 bridgehead atoms. The van der Waals surface area contributed by atoms with Gasteiger partial charge in [0.25, 0.3) is 0 Å². The van der Waals surface area contributed by atoms with E-state index in [4.69, 9.17) is 0 Å². The predicted molar refractivity (Wildman–Crippen MR) is 47.6 cm³/mol. The molecule has 0 aliphatic rings. The second kappa shape index (κ2) is 7.13. The molecule has 0 heterocycles. The molecule has 0 saturated heterocycles. The van der Waals surface area contributed by atoms with E-state index in [-0.39, 0.29) is 0 Å². The molecule has 0 spiro atoms. The van der Waals surface area contributed by atoms with Crippen molar-refractivity contribution < 1.29 is 4.79 Å². The van der Waals surface area contributed by atoms with Gasteiger partial charge in [-0.1, -0.05) is 26.2 Å². The lowest BCUT2D eigenvalue weighted by molar-refractivity contribution is -0.107. The van der Waals surface area contributed by atoms with Gasteiger partial charge in [-0.2, -0.15) is 12.6 Å². The summed E-state index contributed by atoms with van der Waals surface area (Å²) in [4.78, 5) is 10.00. The highest BCUT2D eigenvalue weighted by Crippen LogP contribution is 2.10. The van der Waals surface area contributed by atoms with E-state index >= 15 is 0 Å². The van der Waals surface area contributed by atoms with E-state index < -0.39 is 0 Å². The van der Waals surface area contributed by atoms with E-state index in [1.807, 2.05) is 0 Å². The zero-order chi connectivity index (χ0) is 7.82. The van der Waals surface area contributed by atoms with Crippen molar-refractivity contribution in [2.45, 2.75) is 44.3 Å². The summed E-state index contributed by atoms with van der Waals surface area (Å²) in [5, 5.41) is 0.295. The van der Waals surface area contributed by atoms with Crippen LogP contribution in [-0.4, -0.2) is 11.5 Å². The van der Waals surface area contributed by atoms with E-state index in [0.717, 1.165) is 12.7 Å². The van der Waals surface area contributed by atoms with Crippen molar-refractivity contribution >= 4 is 18.9 Å². The molecule has 0 fully saturated rings. The Morgan fingerprint density at radius 1 is 1.50 bits per heavy atom. The summed E-state index contributed by atoms with van der Waals surface area (Å²) >= 11 is 4.25. The van der Waals surface area contributed by atoms with Crippen LogP contribution in [0.2, 0.25) is 0 Å². The molecule has 0 aromatic carbocycles. The van der Waals surface area contributed by atoms with Crippen molar-refractivity contribution in [3.63, 3.8) is 0 Å². The second-order valence-electron chi connectivity index (χ2n) is 2.55. The summed E-state index contributed by atoms with van der Waals surface area (Å²) in [6, 6.07) is 0. The van der Waals surface area contributed by atoms with E-state index in [1.165, 1.54) is 19.3 Å². The molecule has 1 nitrogen and oxygen atoms in total. The quantitative estimate of drug-likeness (QED) is 0.359. The minimum atomic E-state index is 0.295. The molecule has 1 unspecified atom stereocenters. The smallest absolute Gasteiger partial charge is 0.121 e. The van der Waals surface area contributed by atoms with Gasteiger partial charge in [-0.05, 0) is 6.42 Å². The number of thiol groups is 1. The first-order valence-electron chi connectivity index (χ1n) is 3.93. The first kappa shape index (κ1) is 10.0. The maximum Gasteiger partial charge on any atom is 0.121 e. The first-order valence-corrected chi connectivity index (χ1v) is 4.44. The van der Waals surface area contributed by atoms with Gasteiger partial charge in [0.2, 0.25) is 0 Å². The molecule has 0 aliphatic carbocycles. The van der Waals surface area contributed by atoms with Gasteiger partial charge in [-0.15, -0.1) is 0 Å². The molecule has 0 aromatic rings. The molecule has 0 aliphatic heterocycles. The molecule has 0 N–H and O–H groups in total. The molecule has 0 aromatic heterocycles. The van der Waals surface area contributed by atoms with Crippen LogP contribution in [-0.2, 0) is 4.79 Å². The maximum atomic E-state index is 10.00. The average Bonchev–Trinajstić information content (AvgIpc) is 1.89. The topological polar surface area (TPSA) is 17.1 Å². The lowest BCUT2D eigenvalue weighted by Gasteiger charge is -2.04. The highest BCUT2D eigenvalue weighted by atomic mass is 32.1. The van der Waals surface area contributed by atoms with E-state index in [9.17, 15) is 4.79 Å². The minimum Gasteiger partial charge on any atom is -0.303 e. The number of unbranched alkanes of at least 4 members (excludes halogenated alkanes) is 2. The van der Waals surface area contributed by atoms with Crippen LogP contribution in [0.3, 0.4) is 0 Å². The summed E-state index contributed by atoms with van der Waals surface area (Å²) in [6.07, 6.45) is 6.34. The Morgan fingerprint density at radius 2 is 2.20 bits per heavy atom. The van der Waals surface area contributed by atoms with Crippen LogP contribution < -0.4 is 0 Å². The summed E-state index contributed by atoms with van der Waals surface area (Å²) in [5.74, 6) is 0. The molecule has 60 valence electrons. The van der Waals surface area contributed by atoms with Gasteiger partial charge >= 0.3 is 0 Å². The largest absolute Gasteiger partial charge is 0.303 e. The van der Waals surface area contributed by atoms with Crippen molar-refractivity contribution in [2.24, 2.45) is 0 Å². The average molecular weight is 160 g/mol. The van der Waals surface area contributed by atoms with Gasteiger partial charge < -0.3 is 4.79 Å². The van der Waals surface area contributed by atoms with Gasteiger partial charge in [0.05, 0.1) is 0 Å². The van der Waals surface area contributed by atoms with Crippen molar-refractivity contribution in [3.8, 4) is 0 Å². The molecule has 0 radical (unpaired) electrons. The number of carbonyl (C=O) groups excluding carboxylic acids is 1. The minimum absolute atomic E-state index is 0.295. The Kier molecular flexibility index (Phi) is 7.15. The fourth-order valence-electron chi connectivity index (χ4n) is 0.859. The molecule has 0 rings (SSSR count). The summed E-state index contributed by atoms with van der Waals surface area (Å²) in [7, 11) is 0. The zero-order valence-corrected chi connectivity index (χ0v) is 7.44. The molecule has 1 atom stereocenters. The Labute approximate surface area is 68.6 Å². The number of hydrogen-bond acceptors (Lipinski definition) is 2. The third-order valence-corrected chi connectivity index (χ3v) is 1.98. The van der Waals surface area contributed by atoms with Gasteiger partial charge in [0.15, 0.2) is 0 Å². The van der Waals surface area contributed by atoms with Crippen LogP contribution >= 0.6 is 12.6 Å². The highest BCUT2D eigenvalue weighted by molar-refractivity contribution is 7.81. The maximum absolute atomic E-state index is 10.00. The second-order valence-corrected chi connectivity index (χ2v) is 3.28. The van der Waals surface area contributed by atoms with E-state index in [0.29, 0.717) is 11.7 Å². The van der Waals surface area contributed by atoms with E-state index in [2.05, 4.69) is 19.6 Å². The molecule has 0 saturated carbocycles. The fourth-order valence-corrected chi connectivity index (χ4v) is 1.13. The predicted octanol–water partition coefficient (Wildman–Crippen LogP) is 2.45. The van der Waals surface area contributed by atoms with Crippen molar-refractivity contribution in [1.82, 2.24) is 0 Å². The van der Waals surface area contributed by atoms with Crippen molar-refractivity contribution in [2.75, 3.05) is 0 Å². The summed E-state index contributed by atoms with van der Waals surface area (Å²) in [5.41, 5.74) is 0. The highest BCUT2D eigenvalue weighted by Gasteiger charge is 1.99. The van der Waals surface area contributed by atoms with Gasteiger partial charge in [-0.3, -0.25) is 0 Å². The molecular weight excluding hydrogens is 144 g/mol. The molecule has 0 amide bonds. The van der Waals surface area contributed by atoms with Crippen molar-refractivity contribution in [3.05, 3.63) is 0 Å². The fraction of sp³-hybridized carbons (Fsp3) is 0.875. The van der Waals surface area contributed by atoms with Gasteiger partial charge in [0, 0.05) is 11.7 Å². The summed E-state index contributed by atoms with van der Waals surface area (Å²) in [6.45, 7) is 2.17. The number of carbonyl (C=O) groups is 1. The van der Waals surface area contributed by atoms with Crippen LogP contribution in [0.5, 0.6) is 0 Å². The first-order chi connectivity index (χ1) is 4.81. The Morgan fingerprint density at radius 3 is 2.70 bits per heavy atom. The van der Waals surface area contributed by atoms with Gasteiger partial charge in [-0.25, -0.2) is 0 Å². The van der Waals surface area contributed by atoms with Crippen LogP contribution in [0.15, 0.2) is 0 Å². The normalized spacial score (nSPS) is 13.0. The number of rotatable bonds is 6. The number of hydrogen-bond donors (Lipinski definition) is 1. The molecule has 10 heavy (non-hydrogen) atoms. The lowest BCUT2D eigenvalue weighted by Crippen LogP contribution is -1.98. The van der Waals surface area contributed by atoms with Crippen LogP contribution in [0, 0.1) is 0 Å². The Bertz CT molecular complexity index is 83.3. The van der Waals surface area contributed by atoms with Crippen LogP contribution in [0.1, 0.15) is 39.0 Å². The Hall–Kier alpha value is 0.0200.